The molecule has 0 amide bonds. The van der Waals surface area contributed by atoms with Crippen molar-refractivity contribution in [2.75, 3.05) is 13.7 Å². The molecule has 1 atom stereocenters. The van der Waals surface area contributed by atoms with Crippen LogP contribution in [0.1, 0.15) is 103 Å². The molecule has 0 bridgehead atoms. The van der Waals surface area contributed by atoms with E-state index in [2.05, 4.69) is 11.7 Å². The number of aliphatic hydroxyl groups excluding tert-OH is 1. The van der Waals surface area contributed by atoms with Gasteiger partial charge in [0.1, 0.15) is 0 Å². The van der Waals surface area contributed by atoms with Gasteiger partial charge < -0.3 is 9.84 Å². The van der Waals surface area contributed by atoms with E-state index in [4.69, 9.17) is 5.11 Å². The number of carbonyl (C=O) groups is 1. The molecule has 138 valence electrons. The molecule has 0 heterocycles. The van der Waals surface area contributed by atoms with E-state index in [0.29, 0.717) is 0 Å². The van der Waals surface area contributed by atoms with Crippen LogP contribution in [0.5, 0.6) is 0 Å². The highest BCUT2D eigenvalue weighted by Crippen LogP contribution is 2.15. The summed E-state index contributed by atoms with van der Waals surface area (Å²) in [6.07, 6.45) is 19.4. The number of ether oxygens (including phenoxy) is 1. The van der Waals surface area contributed by atoms with Gasteiger partial charge in [-0.1, -0.05) is 96.8 Å². The Kier molecular flexibility index (Phi) is 17.3. The van der Waals surface area contributed by atoms with Crippen molar-refractivity contribution in [2.24, 2.45) is 5.92 Å². The molecule has 0 saturated carbocycles. The first-order valence-electron chi connectivity index (χ1n) is 9.95. The summed E-state index contributed by atoms with van der Waals surface area (Å²) >= 11 is 0. The molecule has 0 aliphatic rings. The van der Waals surface area contributed by atoms with E-state index in [1.807, 2.05) is 0 Å². The van der Waals surface area contributed by atoms with Crippen molar-refractivity contribution in [1.29, 1.82) is 0 Å². The molecule has 1 N–H and O–H groups in total. The maximum absolute atomic E-state index is 11.3. The molecule has 0 spiro atoms. The standard InChI is InChI=1S/C20H40O3/c1-3-4-5-6-7-8-9-10-11-12-13-14-15-16-17-19(18-21)20(22)23-2/h19,21H,3-18H2,1-2H3/t19-/m1/s1. The molecule has 0 aromatic rings. The van der Waals surface area contributed by atoms with Gasteiger partial charge in [-0.3, -0.25) is 4.79 Å². The summed E-state index contributed by atoms with van der Waals surface area (Å²) in [6, 6.07) is 0. The number of esters is 1. The van der Waals surface area contributed by atoms with Crippen LogP contribution in [0, 0.1) is 5.92 Å². The fourth-order valence-electron chi connectivity index (χ4n) is 3.04. The summed E-state index contributed by atoms with van der Waals surface area (Å²) in [4.78, 5) is 11.3. The van der Waals surface area contributed by atoms with Crippen LogP contribution < -0.4 is 0 Å². The minimum absolute atomic E-state index is 0.0921. The van der Waals surface area contributed by atoms with Crippen molar-refractivity contribution in [3.8, 4) is 0 Å². The SMILES string of the molecule is CCCCCCCCCCCCCCCC[C@H](CO)C(=O)OC. The Balaban J connectivity index is 3.20. The summed E-state index contributed by atoms with van der Waals surface area (Å²) in [6.45, 7) is 2.18. The van der Waals surface area contributed by atoms with Crippen molar-refractivity contribution in [3.05, 3.63) is 0 Å². The van der Waals surface area contributed by atoms with Crippen LogP contribution in [0.3, 0.4) is 0 Å². The van der Waals surface area contributed by atoms with E-state index in [0.717, 1.165) is 19.3 Å². The van der Waals surface area contributed by atoms with Crippen molar-refractivity contribution in [3.63, 3.8) is 0 Å². The maximum atomic E-state index is 11.3. The number of carbonyl (C=O) groups excluding carboxylic acids is 1. The van der Waals surface area contributed by atoms with E-state index in [1.165, 1.54) is 84.2 Å². The van der Waals surface area contributed by atoms with Gasteiger partial charge in [-0.05, 0) is 6.42 Å². The summed E-state index contributed by atoms with van der Waals surface area (Å²) in [5, 5.41) is 9.13. The van der Waals surface area contributed by atoms with E-state index < -0.39 is 0 Å². The van der Waals surface area contributed by atoms with Crippen LogP contribution in [-0.4, -0.2) is 24.8 Å². The second-order valence-electron chi connectivity index (χ2n) is 6.79. The zero-order chi connectivity index (χ0) is 17.2. The minimum atomic E-state index is -0.322. The van der Waals surface area contributed by atoms with Gasteiger partial charge in [0.05, 0.1) is 19.6 Å². The Labute approximate surface area is 144 Å². The van der Waals surface area contributed by atoms with Crippen LogP contribution in [0.4, 0.5) is 0 Å². The maximum Gasteiger partial charge on any atom is 0.310 e. The fourth-order valence-corrected chi connectivity index (χ4v) is 3.04. The average Bonchev–Trinajstić information content (AvgIpc) is 2.58. The largest absolute Gasteiger partial charge is 0.469 e. The van der Waals surface area contributed by atoms with Gasteiger partial charge in [0.15, 0.2) is 0 Å². The second-order valence-corrected chi connectivity index (χ2v) is 6.79. The first-order valence-corrected chi connectivity index (χ1v) is 9.95. The highest BCUT2D eigenvalue weighted by atomic mass is 16.5. The Morgan fingerprint density at radius 1 is 0.783 bits per heavy atom. The molecule has 3 heteroatoms. The van der Waals surface area contributed by atoms with Crippen molar-refractivity contribution >= 4 is 5.97 Å². The van der Waals surface area contributed by atoms with E-state index in [-0.39, 0.29) is 18.5 Å². The van der Waals surface area contributed by atoms with Crippen LogP contribution in [0.25, 0.3) is 0 Å². The van der Waals surface area contributed by atoms with Crippen molar-refractivity contribution in [2.45, 2.75) is 103 Å². The van der Waals surface area contributed by atoms with Crippen molar-refractivity contribution < 1.29 is 14.6 Å². The number of hydrogen-bond donors (Lipinski definition) is 1. The van der Waals surface area contributed by atoms with Crippen LogP contribution in [-0.2, 0) is 9.53 Å². The lowest BCUT2D eigenvalue weighted by Crippen LogP contribution is -2.19. The zero-order valence-electron chi connectivity index (χ0n) is 15.7. The number of aliphatic hydroxyl groups is 1. The lowest BCUT2D eigenvalue weighted by atomic mass is 10.0. The molecule has 3 nitrogen and oxygen atoms in total. The number of hydrogen-bond acceptors (Lipinski definition) is 3. The second kappa shape index (κ2) is 17.8. The Morgan fingerprint density at radius 3 is 1.52 bits per heavy atom. The molecule has 0 fully saturated rings. The molecular formula is C20H40O3. The monoisotopic (exact) mass is 328 g/mol. The number of unbranched alkanes of at least 4 members (excludes halogenated alkanes) is 13. The molecule has 23 heavy (non-hydrogen) atoms. The van der Waals surface area contributed by atoms with Gasteiger partial charge in [0.25, 0.3) is 0 Å². The van der Waals surface area contributed by atoms with Gasteiger partial charge >= 0.3 is 5.97 Å². The summed E-state index contributed by atoms with van der Waals surface area (Å²) in [5.74, 6) is -0.598. The van der Waals surface area contributed by atoms with Gasteiger partial charge in [-0.2, -0.15) is 0 Å². The zero-order valence-corrected chi connectivity index (χ0v) is 15.7. The first-order chi connectivity index (χ1) is 11.3. The summed E-state index contributed by atoms with van der Waals surface area (Å²) in [5.41, 5.74) is 0. The summed E-state index contributed by atoms with van der Waals surface area (Å²) in [7, 11) is 1.39. The highest BCUT2D eigenvalue weighted by Gasteiger charge is 2.16. The first kappa shape index (κ1) is 22.4. The minimum Gasteiger partial charge on any atom is -0.469 e. The molecule has 0 aliphatic carbocycles. The predicted octanol–water partition coefficient (Wildman–Crippen LogP) is 5.64. The Bertz CT molecular complexity index is 253. The fraction of sp³-hybridized carbons (Fsp3) is 0.950. The molecule has 0 radical (unpaired) electrons. The smallest absolute Gasteiger partial charge is 0.310 e. The third kappa shape index (κ3) is 14.7. The van der Waals surface area contributed by atoms with E-state index >= 15 is 0 Å². The number of rotatable bonds is 17. The Hall–Kier alpha value is -0.570. The lowest BCUT2D eigenvalue weighted by molar-refractivity contribution is -0.147. The third-order valence-electron chi connectivity index (χ3n) is 4.66. The molecular weight excluding hydrogens is 288 g/mol. The van der Waals surface area contributed by atoms with Gasteiger partial charge in [-0.15, -0.1) is 0 Å². The molecule has 0 rings (SSSR count). The molecule has 0 aromatic heterocycles. The third-order valence-corrected chi connectivity index (χ3v) is 4.66. The quantitative estimate of drug-likeness (QED) is 0.278. The molecule has 0 aromatic carbocycles. The molecule has 0 saturated heterocycles. The number of methoxy groups -OCH3 is 1. The average molecular weight is 329 g/mol. The molecule has 0 unspecified atom stereocenters. The van der Waals surface area contributed by atoms with Gasteiger partial charge in [0.2, 0.25) is 0 Å². The predicted molar refractivity (Wildman–Crippen MR) is 97.5 cm³/mol. The van der Waals surface area contributed by atoms with Gasteiger partial charge in [-0.25, -0.2) is 0 Å². The van der Waals surface area contributed by atoms with Crippen LogP contribution in [0.2, 0.25) is 0 Å². The topological polar surface area (TPSA) is 46.5 Å². The normalized spacial score (nSPS) is 12.3. The Morgan fingerprint density at radius 2 is 1.17 bits per heavy atom. The van der Waals surface area contributed by atoms with E-state index in [9.17, 15) is 4.79 Å². The highest BCUT2D eigenvalue weighted by molar-refractivity contribution is 5.72. The molecule has 0 aliphatic heterocycles. The lowest BCUT2D eigenvalue weighted by Gasteiger charge is -2.11. The summed E-state index contributed by atoms with van der Waals surface area (Å²) < 4.78 is 4.67. The van der Waals surface area contributed by atoms with E-state index in [1.54, 1.807) is 0 Å². The van der Waals surface area contributed by atoms with Gasteiger partial charge in [0, 0.05) is 0 Å². The van der Waals surface area contributed by atoms with Crippen LogP contribution >= 0.6 is 0 Å². The van der Waals surface area contributed by atoms with Crippen molar-refractivity contribution in [1.82, 2.24) is 0 Å². The van der Waals surface area contributed by atoms with Crippen LogP contribution in [0.15, 0.2) is 0 Å².